The van der Waals surface area contributed by atoms with Crippen molar-refractivity contribution in [2.75, 3.05) is 5.32 Å². The second kappa shape index (κ2) is 5.72. The fraction of sp³-hybridized carbons (Fsp3) is 0.533. The van der Waals surface area contributed by atoms with E-state index in [9.17, 15) is 0 Å². The maximum Gasteiger partial charge on any atom is 0.126 e. The van der Waals surface area contributed by atoms with Crippen molar-refractivity contribution in [3.8, 4) is 12.3 Å². The first kappa shape index (κ1) is 13.6. The minimum Gasteiger partial charge on any atom is -0.356 e. The van der Waals surface area contributed by atoms with Gasteiger partial charge in [-0.2, -0.15) is 0 Å². The van der Waals surface area contributed by atoms with Gasteiger partial charge in [0.05, 0.1) is 6.04 Å². The molecule has 0 radical (unpaired) electrons. The molecule has 0 amide bonds. The van der Waals surface area contributed by atoms with Crippen LogP contribution in [0.5, 0.6) is 0 Å². The van der Waals surface area contributed by atoms with Gasteiger partial charge in [0.1, 0.15) is 5.82 Å². The molecule has 17 heavy (non-hydrogen) atoms. The van der Waals surface area contributed by atoms with Gasteiger partial charge in [0.25, 0.3) is 0 Å². The lowest BCUT2D eigenvalue weighted by atomic mass is 9.88. The van der Waals surface area contributed by atoms with Gasteiger partial charge in [0.2, 0.25) is 0 Å². The molecule has 2 nitrogen and oxygen atoms in total. The number of nitrogens with zero attached hydrogens (tertiary/aromatic N) is 1. The highest BCUT2D eigenvalue weighted by molar-refractivity contribution is 5.39. The molecule has 0 bridgehead atoms. The van der Waals surface area contributed by atoms with Crippen molar-refractivity contribution >= 4 is 5.82 Å². The fourth-order valence-electron chi connectivity index (χ4n) is 1.59. The van der Waals surface area contributed by atoms with E-state index >= 15 is 0 Å². The number of terminal acetylenes is 1. The minimum atomic E-state index is 0.0768. The lowest BCUT2D eigenvalue weighted by Gasteiger charge is -2.19. The van der Waals surface area contributed by atoms with Crippen LogP contribution in [0.1, 0.15) is 46.1 Å². The van der Waals surface area contributed by atoms with E-state index in [1.54, 1.807) is 0 Å². The predicted octanol–water partition coefficient (Wildman–Crippen LogP) is 3.59. The van der Waals surface area contributed by atoms with Gasteiger partial charge in [-0.3, -0.25) is 0 Å². The Morgan fingerprint density at radius 1 is 1.41 bits per heavy atom. The van der Waals surface area contributed by atoms with Gasteiger partial charge < -0.3 is 5.32 Å². The largest absolute Gasteiger partial charge is 0.356 e. The molecule has 0 aliphatic rings. The smallest absolute Gasteiger partial charge is 0.126 e. The van der Waals surface area contributed by atoms with Gasteiger partial charge in [-0.1, -0.05) is 46.1 Å². The fourth-order valence-corrected chi connectivity index (χ4v) is 1.59. The highest BCUT2D eigenvalue weighted by Gasteiger charge is 2.13. The lowest BCUT2D eigenvalue weighted by molar-refractivity contribution is 0.587. The number of nitrogens with one attached hydrogen (secondary N) is 1. The maximum atomic E-state index is 5.47. The van der Waals surface area contributed by atoms with Crippen molar-refractivity contribution in [3.63, 3.8) is 0 Å². The summed E-state index contributed by atoms with van der Waals surface area (Å²) in [5, 5.41) is 3.26. The van der Waals surface area contributed by atoms with Gasteiger partial charge >= 0.3 is 0 Å². The Morgan fingerprint density at radius 3 is 2.53 bits per heavy atom. The molecule has 1 aromatic heterocycles. The molecule has 92 valence electrons. The van der Waals surface area contributed by atoms with E-state index in [2.05, 4.69) is 50.0 Å². The van der Waals surface area contributed by atoms with E-state index < -0.39 is 0 Å². The number of hydrogen-bond acceptors (Lipinski definition) is 2. The standard InChI is InChI=1S/C15H22N2/c1-6-8-13(7-2)17-14-10-9-12(11-16-14)15(3,4)5/h2,9-11,13H,6,8H2,1,3-5H3,(H,16,17). The van der Waals surface area contributed by atoms with Crippen molar-refractivity contribution in [1.29, 1.82) is 0 Å². The average Bonchev–Trinajstić information content (AvgIpc) is 2.28. The molecule has 0 aliphatic heterocycles. The van der Waals surface area contributed by atoms with Crippen LogP contribution in [-0.4, -0.2) is 11.0 Å². The molecule has 0 spiro atoms. The normalized spacial score (nSPS) is 12.9. The highest BCUT2D eigenvalue weighted by atomic mass is 15.0. The third kappa shape index (κ3) is 4.11. The molecule has 0 saturated carbocycles. The first-order valence-corrected chi connectivity index (χ1v) is 6.16. The number of aromatic nitrogens is 1. The van der Waals surface area contributed by atoms with Crippen molar-refractivity contribution in [2.24, 2.45) is 0 Å². The molecular formula is C15H22N2. The summed E-state index contributed by atoms with van der Waals surface area (Å²) >= 11 is 0. The van der Waals surface area contributed by atoms with Crippen LogP contribution in [-0.2, 0) is 5.41 Å². The third-order valence-corrected chi connectivity index (χ3v) is 2.73. The predicted molar refractivity (Wildman–Crippen MR) is 74.1 cm³/mol. The van der Waals surface area contributed by atoms with Crippen molar-refractivity contribution in [1.82, 2.24) is 4.98 Å². The summed E-state index contributed by atoms with van der Waals surface area (Å²) in [6.45, 7) is 8.66. The Morgan fingerprint density at radius 2 is 2.12 bits per heavy atom. The van der Waals surface area contributed by atoms with Crippen LogP contribution in [0, 0.1) is 12.3 Å². The Hall–Kier alpha value is -1.49. The molecule has 2 heteroatoms. The number of hydrogen-bond donors (Lipinski definition) is 1. The highest BCUT2D eigenvalue weighted by Crippen LogP contribution is 2.22. The van der Waals surface area contributed by atoms with Gasteiger partial charge in [0, 0.05) is 6.20 Å². The molecule has 1 atom stereocenters. The monoisotopic (exact) mass is 230 g/mol. The van der Waals surface area contributed by atoms with Crippen LogP contribution >= 0.6 is 0 Å². The summed E-state index contributed by atoms with van der Waals surface area (Å²) in [7, 11) is 0. The Balaban J connectivity index is 2.72. The quantitative estimate of drug-likeness (QED) is 0.799. The van der Waals surface area contributed by atoms with Crippen LogP contribution in [0.4, 0.5) is 5.82 Å². The zero-order chi connectivity index (χ0) is 12.9. The van der Waals surface area contributed by atoms with Crippen LogP contribution in [0.3, 0.4) is 0 Å². The first-order valence-electron chi connectivity index (χ1n) is 6.16. The topological polar surface area (TPSA) is 24.9 Å². The molecule has 0 aliphatic carbocycles. The van der Waals surface area contributed by atoms with Crippen molar-refractivity contribution < 1.29 is 0 Å². The molecule has 1 rings (SSSR count). The summed E-state index contributed by atoms with van der Waals surface area (Å²) < 4.78 is 0. The van der Waals surface area contributed by atoms with E-state index in [0.717, 1.165) is 18.7 Å². The van der Waals surface area contributed by atoms with Gasteiger partial charge in [0.15, 0.2) is 0 Å². The van der Waals surface area contributed by atoms with Crippen LogP contribution in [0.2, 0.25) is 0 Å². The molecular weight excluding hydrogens is 208 g/mol. The molecule has 0 saturated heterocycles. The van der Waals surface area contributed by atoms with Crippen LogP contribution in [0.15, 0.2) is 18.3 Å². The van der Waals surface area contributed by atoms with Crippen LogP contribution in [0.25, 0.3) is 0 Å². The van der Waals surface area contributed by atoms with E-state index in [0.29, 0.717) is 0 Å². The summed E-state index contributed by atoms with van der Waals surface area (Å²) in [5.41, 5.74) is 1.37. The second-order valence-electron chi connectivity index (χ2n) is 5.33. The summed E-state index contributed by atoms with van der Waals surface area (Å²) in [6, 6.07) is 4.18. The van der Waals surface area contributed by atoms with E-state index in [-0.39, 0.29) is 11.5 Å². The Labute approximate surface area is 105 Å². The Bertz CT molecular complexity index is 379. The molecule has 0 aromatic carbocycles. The zero-order valence-electron chi connectivity index (χ0n) is 11.2. The van der Waals surface area contributed by atoms with Gasteiger partial charge in [-0.15, -0.1) is 6.42 Å². The summed E-state index contributed by atoms with van der Waals surface area (Å²) in [6.07, 6.45) is 9.43. The summed E-state index contributed by atoms with van der Waals surface area (Å²) in [4.78, 5) is 4.41. The van der Waals surface area contributed by atoms with Gasteiger partial charge in [-0.05, 0) is 23.5 Å². The molecule has 1 heterocycles. The Kier molecular flexibility index (Phi) is 4.57. The van der Waals surface area contributed by atoms with E-state index in [4.69, 9.17) is 6.42 Å². The number of rotatable bonds is 4. The molecule has 1 unspecified atom stereocenters. The van der Waals surface area contributed by atoms with E-state index in [1.807, 2.05) is 12.3 Å². The number of anilines is 1. The average molecular weight is 230 g/mol. The van der Waals surface area contributed by atoms with Crippen LogP contribution < -0.4 is 5.32 Å². The second-order valence-corrected chi connectivity index (χ2v) is 5.33. The minimum absolute atomic E-state index is 0.0768. The third-order valence-electron chi connectivity index (χ3n) is 2.73. The van der Waals surface area contributed by atoms with Crippen molar-refractivity contribution in [2.45, 2.75) is 52.0 Å². The van der Waals surface area contributed by atoms with E-state index in [1.165, 1.54) is 5.56 Å². The van der Waals surface area contributed by atoms with Gasteiger partial charge in [-0.25, -0.2) is 4.98 Å². The molecule has 0 fully saturated rings. The zero-order valence-corrected chi connectivity index (χ0v) is 11.2. The number of pyridine rings is 1. The maximum absolute atomic E-state index is 5.47. The molecule has 1 N–H and O–H groups in total. The lowest BCUT2D eigenvalue weighted by Crippen LogP contribution is -2.18. The first-order chi connectivity index (χ1) is 7.97. The molecule has 1 aromatic rings. The summed E-state index contributed by atoms with van der Waals surface area (Å²) in [5.74, 6) is 3.60. The van der Waals surface area contributed by atoms with Crippen molar-refractivity contribution in [3.05, 3.63) is 23.9 Å². The SMILES string of the molecule is C#CC(CCC)Nc1ccc(C(C)(C)C)cn1.